The van der Waals surface area contributed by atoms with E-state index in [1.54, 1.807) is 0 Å². The first kappa shape index (κ1) is 9.65. The SMILES string of the molecule is Nc1nc2ncc3c(c2c(=O)[nH]1)CSCC3. The Morgan fingerprint density at radius 2 is 2.38 bits per heavy atom. The highest BCUT2D eigenvalue weighted by Gasteiger charge is 2.16. The molecule has 0 atom stereocenters. The smallest absolute Gasteiger partial charge is 0.262 e. The van der Waals surface area contributed by atoms with Crippen molar-refractivity contribution in [3.63, 3.8) is 0 Å². The molecule has 0 fully saturated rings. The van der Waals surface area contributed by atoms with Gasteiger partial charge in [-0.2, -0.15) is 16.7 Å². The van der Waals surface area contributed by atoms with E-state index in [0.717, 1.165) is 29.1 Å². The third-order valence-corrected chi connectivity index (χ3v) is 3.70. The number of aryl methyl sites for hydroxylation is 1. The molecule has 0 radical (unpaired) electrons. The van der Waals surface area contributed by atoms with E-state index in [0.29, 0.717) is 11.0 Å². The molecule has 0 amide bonds. The molecule has 3 rings (SSSR count). The van der Waals surface area contributed by atoms with Crippen molar-refractivity contribution in [2.24, 2.45) is 0 Å². The molecule has 0 aliphatic carbocycles. The molecule has 82 valence electrons. The number of aromatic nitrogens is 3. The largest absolute Gasteiger partial charge is 0.369 e. The zero-order valence-electron chi connectivity index (χ0n) is 8.49. The summed E-state index contributed by atoms with van der Waals surface area (Å²) in [6, 6.07) is 0. The normalized spacial score (nSPS) is 15.0. The van der Waals surface area contributed by atoms with Crippen molar-refractivity contribution in [1.82, 2.24) is 15.0 Å². The molecule has 2 aromatic rings. The number of hydrogen-bond acceptors (Lipinski definition) is 5. The zero-order valence-corrected chi connectivity index (χ0v) is 9.30. The molecule has 0 unspecified atom stereocenters. The van der Waals surface area contributed by atoms with E-state index in [-0.39, 0.29) is 11.5 Å². The van der Waals surface area contributed by atoms with Gasteiger partial charge < -0.3 is 5.73 Å². The Morgan fingerprint density at radius 3 is 3.25 bits per heavy atom. The third-order valence-electron chi connectivity index (χ3n) is 2.71. The predicted molar refractivity (Wildman–Crippen MR) is 64.4 cm³/mol. The van der Waals surface area contributed by atoms with Crippen LogP contribution in [0, 0.1) is 0 Å². The summed E-state index contributed by atoms with van der Waals surface area (Å²) in [5, 5.41) is 0.596. The summed E-state index contributed by atoms with van der Waals surface area (Å²) in [5.74, 6) is 2.05. The van der Waals surface area contributed by atoms with Gasteiger partial charge in [-0.25, -0.2) is 4.98 Å². The van der Waals surface area contributed by atoms with E-state index in [2.05, 4.69) is 15.0 Å². The summed E-state index contributed by atoms with van der Waals surface area (Å²) in [5.41, 5.74) is 7.97. The van der Waals surface area contributed by atoms with Crippen molar-refractivity contribution in [2.75, 3.05) is 11.5 Å². The zero-order chi connectivity index (χ0) is 11.1. The number of nitrogens with one attached hydrogen (secondary N) is 1. The van der Waals surface area contributed by atoms with Crippen LogP contribution in [0.5, 0.6) is 0 Å². The van der Waals surface area contributed by atoms with Crippen molar-refractivity contribution >= 4 is 28.7 Å². The van der Waals surface area contributed by atoms with Gasteiger partial charge in [-0.3, -0.25) is 9.78 Å². The number of hydrogen-bond donors (Lipinski definition) is 2. The minimum absolute atomic E-state index is 0.119. The number of nitrogens with two attached hydrogens (primary N) is 1. The summed E-state index contributed by atoms with van der Waals surface area (Å²) < 4.78 is 0. The lowest BCUT2D eigenvalue weighted by molar-refractivity contribution is 1.05. The lowest BCUT2D eigenvalue weighted by Crippen LogP contribution is -2.16. The topological polar surface area (TPSA) is 84.7 Å². The third kappa shape index (κ3) is 1.37. The van der Waals surface area contributed by atoms with Gasteiger partial charge in [0.05, 0.1) is 5.39 Å². The van der Waals surface area contributed by atoms with Crippen LogP contribution in [0.3, 0.4) is 0 Å². The minimum atomic E-state index is -0.186. The Balaban J connectivity index is 2.43. The molecule has 6 heteroatoms. The maximum Gasteiger partial charge on any atom is 0.262 e. The summed E-state index contributed by atoms with van der Waals surface area (Å²) in [7, 11) is 0. The number of thioether (sulfide) groups is 1. The Labute approximate surface area is 95.5 Å². The van der Waals surface area contributed by atoms with Crippen molar-refractivity contribution in [3.05, 3.63) is 27.7 Å². The quantitative estimate of drug-likeness (QED) is 0.700. The maximum atomic E-state index is 11.8. The van der Waals surface area contributed by atoms with Gasteiger partial charge >= 0.3 is 0 Å². The number of rotatable bonds is 0. The molecule has 3 heterocycles. The van der Waals surface area contributed by atoms with Gasteiger partial charge in [0.2, 0.25) is 5.95 Å². The van der Waals surface area contributed by atoms with Crippen LogP contribution >= 0.6 is 11.8 Å². The van der Waals surface area contributed by atoms with Gasteiger partial charge in [-0.15, -0.1) is 0 Å². The second-order valence-electron chi connectivity index (χ2n) is 3.71. The van der Waals surface area contributed by atoms with Gasteiger partial charge in [0.25, 0.3) is 5.56 Å². The summed E-state index contributed by atoms with van der Waals surface area (Å²) in [6.07, 6.45) is 2.77. The van der Waals surface area contributed by atoms with Gasteiger partial charge in [0.1, 0.15) is 0 Å². The highest BCUT2D eigenvalue weighted by atomic mass is 32.2. The van der Waals surface area contributed by atoms with Gasteiger partial charge in [-0.05, 0) is 23.3 Å². The molecule has 0 saturated carbocycles. The molecule has 3 N–H and O–H groups in total. The van der Waals surface area contributed by atoms with Crippen LogP contribution in [0.4, 0.5) is 5.95 Å². The molecule has 0 aromatic carbocycles. The predicted octanol–water partition coefficient (Wildman–Crippen LogP) is 0.690. The van der Waals surface area contributed by atoms with Crippen LogP contribution in [-0.4, -0.2) is 20.7 Å². The van der Waals surface area contributed by atoms with E-state index in [1.807, 2.05) is 18.0 Å². The van der Waals surface area contributed by atoms with Crippen molar-refractivity contribution in [1.29, 1.82) is 0 Å². The van der Waals surface area contributed by atoms with E-state index in [9.17, 15) is 4.79 Å². The highest BCUT2D eigenvalue weighted by molar-refractivity contribution is 7.98. The molecular formula is C10H10N4OS. The number of nitrogens with zero attached hydrogens (tertiary/aromatic N) is 2. The lowest BCUT2D eigenvalue weighted by atomic mass is 10.1. The molecule has 2 aromatic heterocycles. The molecule has 0 spiro atoms. The van der Waals surface area contributed by atoms with Crippen molar-refractivity contribution in [3.8, 4) is 0 Å². The van der Waals surface area contributed by atoms with E-state index < -0.39 is 0 Å². The number of H-pyrrole nitrogens is 1. The van der Waals surface area contributed by atoms with Crippen molar-refractivity contribution < 1.29 is 0 Å². The van der Waals surface area contributed by atoms with Gasteiger partial charge in [0, 0.05) is 11.9 Å². The number of fused-ring (bicyclic) bond motifs is 3. The number of aromatic amines is 1. The fourth-order valence-electron chi connectivity index (χ4n) is 1.96. The molecule has 1 aliphatic heterocycles. The first-order chi connectivity index (χ1) is 7.75. The molecule has 5 nitrogen and oxygen atoms in total. The van der Waals surface area contributed by atoms with E-state index >= 15 is 0 Å². The van der Waals surface area contributed by atoms with Crippen LogP contribution in [-0.2, 0) is 12.2 Å². The van der Waals surface area contributed by atoms with Crippen LogP contribution in [0.2, 0.25) is 0 Å². The Morgan fingerprint density at radius 1 is 1.50 bits per heavy atom. The summed E-state index contributed by atoms with van der Waals surface area (Å²) in [6.45, 7) is 0. The second kappa shape index (κ2) is 3.48. The van der Waals surface area contributed by atoms with E-state index in [1.165, 1.54) is 0 Å². The van der Waals surface area contributed by atoms with Crippen molar-refractivity contribution in [2.45, 2.75) is 12.2 Å². The van der Waals surface area contributed by atoms with Gasteiger partial charge in [-0.1, -0.05) is 0 Å². The first-order valence-corrected chi connectivity index (χ1v) is 6.15. The number of nitrogen functional groups attached to an aromatic ring is 1. The number of anilines is 1. The Kier molecular flexibility index (Phi) is 2.10. The second-order valence-corrected chi connectivity index (χ2v) is 4.82. The molecule has 0 bridgehead atoms. The van der Waals surface area contributed by atoms with Gasteiger partial charge in [0.15, 0.2) is 5.65 Å². The van der Waals surface area contributed by atoms with Crippen LogP contribution in [0.15, 0.2) is 11.0 Å². The standard InChI is InChI=1S/C10H10N4OS/c11-10-13-8-7(9(15)14-10)6-4-16-2-1-5(6)3-12-8/h3H,1-2,4H2,(H3,11,12,13,14,15). The summed E-state index contributed by atoms with van der Waals surface area (Å²) in [4.78, 5) is 22.6. The molecule has 1 aliphatic rings. The Bertz CT molecular complexity index is 622. The monoisotopic (exact) mass is 234 g/mol. The first-order valence-electron chi connectivity index (χ1n) is 4.99. The van der Waals surface area contributed by atoms with Crippen LogP contribution in [0.1, 0.15) is 11.1 Å². The highest BCUT2D eigenvalue weighted by Crippen LogP contribution is 2.27. The molecule has 16 heavy (non-hydrogen) atoms. The minimum Gasteiger partial charge on any atom is -0.369 e. The average Bonchev–Trinajstić information content (AvgIpc) is 2.28. The lowest BCUT2D eigenvalue weighted by Gasteiger charge is -2.15. The average molecular weight is 234 g/mol. The van der Waals surface area contributed by atoms with E-state index in [4.69, 9.17) is 5.73 Å². The molecular weight excluding hydrogens is 224 g/mol. The van der Waals surface area contributed by atoms with Crippen LogP contribution < -0.4 is 11.3 Å². The number of pyridine rings is 1. The fraction of sp³-hybridized carbons (Fsp3) is 0.300. The molecule has 0 saturated heterocycles. The summed E-state index contributed by atoms with van der Waals surface area (Å²) >= 11 is 1.83. The van der Waals surface area contributed by atoms with Crippen LogP contribution in [0.25, 0.3) is 11.0 Å². The maximum absolute atomic E-state index is 11.8. The Hall–Kier alpha value is -1.56. The fourth-order valence-corrected chi connectivity index (χ4v) is 3.00.